The summed E-state index contributed by atoms with van der Waals surface area (Å²) < 4.78 is 4.65. The van der Waals surface area contributed by atoms with Crippen molar-refractivity contribution in [3.05, 3.63) is 35.9 Å². The van der Waals surface area contributed by atoms with Gasteiger partial charge in [-0.1, -0.05) is 30.3 Å². The van der Waals surface area contributed by atoms with E-state index in [2.05, 4.69) is 4.74 Å². The lowest BCUT2D eigenvalue weighted by molar-refractivity contribution is -0.138. The molecule has 2 saturated heterocycles. The van der Waals surface area contributed by atoms with Crippen LogP contribution in [-0.2, 0) is 14.3 Å². The van der Waals surface area contributed by atoms with Crippen LogP contribution in [-0.4, -0.2) is 59.7 Å². The predicted octanol–water partition coefficient (Wildman–Crippen LogP) is 1.09. The van der Waals surface area contributed by atoms with Gasteiger partial charge in [-0.25, -0.2) is 9.69 Å². The van der Waals surface area contributed by atoms with E-state index in [1.807, 2.05) is 6.07 Å². The number of hydrogen-bond donors (Lipinski definition) is 0. The van der Waals surface area contributed by atoms with Crippen LogP contribution in [0.1, 0.15) is 23.2 Å². The lowest BCUT2D eigenvalue weighted by atomic mass is 9.98. The monoisotopic (exact) mass is 330 g/mol. The zero-order chi connectivity index (χ0) is 17.1. The molecular weight excluding hydrogens is 312 g/mol. The summed E-state index contributed by atoms with van der Waals surface area (Å²) in [5, 5.41) is 0. The second kappa shape index (κ2) is 6.82. The number of ether oxygens (including phenoxy) is 1. The van der Waals surface area contributed by atoms with Gasteiger partial charge in [0, 0.05) is 44.0 Å². The highest BCUT2D eigenvalue weighted by atomic mass is 16.6. The Morgan fingerprint density at radius 3 is 2.42 bits per heavy atom. The van der Waals surface area contributed by atoms with E-state index >= 15 is 0 Å². The van der Waals surface area contributed by atoms with E-state index in [0.717, 1.165) is 4.90 Å². The lowest BCUT2D eigenvalue weighted by Gasteiger charge is -2.40. The third-order valence-corrected chi connectivity index (χ3v) is 4.25. The highest BCUT2D eigenvalue weighted by Crippen LogP contribution is 2.20. The minimum absolute atomic E-state index is 0.0496. The number of cyclic esters (lactones) is 1. The van der Waals surface area contributed by atoms with Crippen molar-refractivity contribution in [1.29, 1.82) is 0 Å². The normalized spacial score (nSPS) is 17.7. The van der Waals surface area contributed by atoms with Gasteiger partial charge in [0.1, 0.15) is 0 Å². The second-order valence-corrected chi connectivity index (χ2v) is 6.01. The molecule has 1 aromatic rings. The molecule has 0 saturated carbocycles. The Kier molecular flexibility index (Phi) is 4.59. The van der Waals surface area contributed by atoms with Crippen molar-refractivity contribution in [1.82, 2.24) is 9.80 Å². The van der Waals surface area contributed by atoms with Gasteiger partial charge < -0.3 is 9.64 Å². The molecule has 3 amide bonds. The number of Topliss-reactive ketones (excluding diaryl/α,β-unsaturated/α-hetero) is 1. The van der Waals surface area contributed by atoms with E-state index in [9.17, 15) is 19.2 Å². The quantitative estimate of drug-likeness (QED) is 0.729. The molecule has 0 aliphatic carbocycles. The standard InChI is InChI=1S/C17H18N2O5/c20-14(13-4-2-1-3-5-13)6-7-15(21)18-8-12(9-18)10-19-16(22)11-24-17(19)23/h1-5,12H,6-11H2. The number of hydrogen-bond acceptors (Lipinski definition) is 5. The third kappa shape index (κ3) is 3.45. The number of rotatable bonds is 6. The van der Waals surface area contributed by atoms with E-state index in [4.69, 9.17) is 0 Å². The van der Waals surface area contributed by atoms with Crippen LogP contribution in [0.25, 0.3) is 0 Å². The molecule has 0 unspecified atom stereocenters. The number of amides is 3. The van der Waals surface area contributed by atoms with E-state index < -0.39 is 6.09 Å². The molecule has 0 spiro atoms. The summed E-state index contributed by atoms with van der Waals surface area (Å²) in [4.78, 5) is 49.6. The second-order valence-electron chi connectivity index (χ2n) is 6.01. The molecule has 2 aliphatic heterocycles. The molecule has 2 heterocycles. The van der Waals surface area contributed by atoms with Crippen LogP contribution >= 0.6 is 0 Å². The zero-order valence-corrected chi connectivity index (χ0v) is 13.1. The maximum atomic E-state index is 12.1. The van der Waals surface area contributed by atoms with Crippen molar-refractivity contribution in [2.24, 2.45) is 5.92 Å². The number of carbonyl (C=O) groups excluding carboxylic acids is 4. The Morgan fingerprint density at radius 2 is 1.79 bits per heavy atom. The van der Waals surface area contributed by atoms with Gasteiger partial charge in [0.15, 0.2) is 12.4 Å². The molecule has 1 aromatic carbocycles. The van der Waals surface area contributed by atoms with Crippen molar-refractivity contribution < 1.29 is 23.9 Å². The summed E-state index contributed by atoms with van der Waals surface area (Å²) in [6, 6.07) is 8.89. The average Bonchev–Trinajstić information content (AvgIpc) is 2.87. The molecule has 0 radical (unpaired) electrons. The topological polar surface area (TPSA) is 84.0 Å². The fraction of sp³-hybridized carbons (Fsp3) is 0.412. The van der Waals surface area contributed by atoms with Gasteiger partial charge in [-0.05, 0) is 0 Å². The van der Waals surface area contributed by atoms with Crippen LogP contribution in [0.15, 0.2) is 30.3 Å². The molecule has 24 heavy (non-hydrogen) atoms. The van der Waals surface area contributed by atoms with E-state index in [-0.39, 0.29) is 49.5 Å². The molecule has 3 rings (SSSR count). The van der Waals surface area contributed by atoms with Crippen LogP contribution < -0.4 is 0 Å². The van der Waals surface area contributed by atoms with E-state index in [1.165, 1.54) is 0 Å². The number of imide groups is 1. The first-order chi connectivity index (χ1) is 11.5. The van der Waals surface area contributed by atoms with Crippen LogP contribution in [0, 0.1) is 5.92 Å². The summed E-state index contributed by atoms with van der Waals surface area (Å²) in [7, 11) is 0. The van der Waals surface area contributed by atoms with Gasteiger partial charge in [-0.2, -0.15) is 0 Å². The van der Waals surface area contributed by atoms with Gasteiger partial charge in [0.05, 0.1) is 0 Å². The molecule has 2 aliphatic rings. The molecule has 2 fully saturated rings. The Morgan fingerprint density at radius 1 is 1.08 bits per heavy atom. The Balaban J connectivity index is 1.40. The lowest BCUT2D eigenvalue weighted by Crippen LogP contribution is -2.54. The number of benzene rings is 1. The summed E-state index contributed by atoms with van der Waals surface area (Å²) in [6.45, 7) is 1.07. The molecule has 0 bridgehead atoms. The van der Waals surface area contributed by atoms with Gasteiger partial charge >= 0.3 is 6.09 Å². The summed E-state index contributed by atoms with van der Waals surface area (Å²) in [5.41, 5.74) is 0.609. The molecule has 0 aromatic heterocycles. The van der Waals surface area contributed by atoms with Crippen LogP contribution in [0.5, 0.6) is 0 Å². The molecule has 7 heteroatoms. The van der Waals surface area contributed by atoms with Gasteiger partial charge in [-0.15, -0.1) is 0 Å². The summed E-state index contributed by atoms with van der Waals surface area (Å²) in [5.74, 6) is -0.385. The Hall–Kier alpha value is -2.70. The first-order valence-electron chi connectivity index (χ1n) is 7.87. The molecule has 0 N–H and O–H groups in total. The van der Waals surface area contributed by atoms with Gasteiger partial charge in [0.25, 0.3) is 5.91 Å². The predicted molar refractivity (Wildman–Crippen MR) is 83.1 cm³/mol. The van der Waals surface area contributed by atoms with Crippen molar-refractivity contribution >= 4 is 23.7 Å². The Bertz CT molecular complexity index is 651. The largest absolute Gasteiger partial charge is 0.439 e. The van der Waals surface area contributed by atoms with Gasteiger partial charge in [-0.3, -0.25) is 14.4 Å². The first kappa shape index (κ1) is 16.2. The first-order valence-corrected chi connectivity index (χ1v) is 7.87. The minimum atomic E-state index is -0.613. The van der Waals surface area contributed by atoms with E-state index in [0.29, 0.717) is 18.7 Å². The summed E-state index contributed by atoms with van der Waals surface area (Å²) >= 11 is 0. The van der Waals surface area contributed by atoms with Gasteiger partial charge in [0.2, 0.25) is 5.91 Å². The van der Waals surface area contributed by atoms with Crippen molar-refractivity contribution in [2.75, 3.05) is 26.2 Å². The van der Waals surface area contributed by atoms with Crippen molar-refractivity contribution in [3.63, 3.8) is 0 Å². The fourth-order valence-electron chi connectivity index (χ4n) is 2.85. The number of likely N-dealkylation sites (tertiary alicyclic amines) is 1. The number of carbonyl (C=O) groups is 4. The molecular formula is C17H18N2O5. The molecule has 7 nitrogen and oxygen atoms in total. The SMILES string of the molecule is O=C(CCC(=O)N1CC(CN2C(=O)COC2=O)C1)c1ccccc1. The molecule has 0 atom stereocenters. The maximum absolute atomic E-state index is 12.1. The maximum Gasteiger partial charge on any atom is 0.417 e. The zero-order valence-electron chi connectivity index (χ0n) is 13.1. The molecule has 126 valence electrons. The van der Waals surface area contributed by atoms with E-state index in [1.54, 1.807) is 29.2 Å². The number of nitrogens with zero attached hydrogens (tertiary/aromatic N) is 2. The van der Waals surface area contributed by atoms with Crippen LogP contribution in [0.3, 0.4) is 0 Å². The minimum Gasteiger partial charge on any atom is -0.439 e. The van der Waals surface area contributed by atoms with Crippen molar-refractivity contribution in [3.8, 4) is 0 Å². The third-order valence-electron chi connectivity index (χ3n) is 4.25. The van der Waals surface area contributed by atoms with Crippen LogP contribution in [0.2, 0.25) is 0 Å². The highest BCUT2D eigenvalue weighted by Gasteiger charge is 2.38. The smallest absolute Gasteiger partial charge is 0.417 e. The summed E-state index contributed by atoms with van der Waals surface area (Å²) in [6.07, 6.45) is -0.259. The van der Waals surface area contributed by atoms with Crippen LogP contribution in [0.4, 0.5) is 4.79 Å². The Labute approximate surface area is 139 Å². The van der Waals surface area contributed by atoms with Crippen molar-refractivity contribution in [2.45, 2.75) is 12.8 Å². The average molecular weight is 330 g/mol. The fourth-order valence-corrected chi connectivity index (χ4v) is 2.85. The number of ketones is 1. The highest BCUT2D eigenvalue weighted by molar-refractivity contribution is 5.98.